The van der Waals surface area contributed by atoms with Crippen LogP contribution in [0.15, 0.2) is 36.5 Å². The summed E-state index contributed by atoms with van der Waals surface area (Å²) in [6, 6.07) is 0.432. The van der Waals surface area contributed by atoms with Crippen molar-refractivity contribution in [2.45, 2.75) is 101 Å². The van der Waals surface area contributed by atoms with Crippen LogP contribution in [0.3, 0.4) is 0 Å². The maximum absolute atomic E-state index is 12.7. The highest BCUT2D eigenvalue weighted by Crippen LogP contribution is 2.78. The van der Waals surface area contributed by atoms with Crippen molar-refractivity contribution < 1.29 is 24.1 Å². The molecule has 2 saturated heterocycles. The first kappa shape index (κ1) is 25.8. The van der Waals surface area contributed by atoms with E-state index in [1.807, 2.05) is 26.0 Å². The van der Waals surface area contributed by atoms with Crippen LogP contribution >= 0.6 is 0 Å². The number of rotatable bonds is 7. The van der Waals surface area contributed by atoms with E-state index in [1.54, 1.807) is 13.2 Å². The number of allylic oxidation sites excluding steroid dienone is 3. The normalized spacial score (nSPS) is 49.4. The average molecular weight is 512 g/mol. The molecule has 3 saturated carbocycles. The van der Waals surface area contributed by atoms with Crippen LogP contribution < -0.4 is 0 Å². The maximum Gasteiger partial charge on any atom is 0.331 e. The fourth-order valence-electron chi connectivity index (χ4n) is 10.4. The van der Waals surface area contributed by atoms with E-state index in [2.05, 4.69) is 31.0 Å². The van der Waals surface area contributed by atoms with Gasteiger partial charge in [0.05, 0.1) is 17.8 Å². The summed E-state index contributed by atoms with van der Waals surface area (Å²) in [5.41, 5.74) is -1.66. The van der Waals surface area contributed by atoms with E-state index in [0.29, 0.717) is 17.9 Å². The summed E-state index contributed by atoms with van der Waals surface area (Å²) in [5, 5.41) is 11.9. The Morgan fingerprint density at radius 1 is 1.30 bits per heavy atom. The summed E-state index contributed by atoms with van der Waals surface area (Å²) in [6.45, 7) is 7.12. The quantitative estimate of drug-likeness (QED) is 0.236. The van der Waals surface area contributed by atoms with Crippen molar-refractivity contribution in [3.8, 4) is 0 Å². The highest BCUT2D eigenvalue weighted by molar-refractivity contribution is 5.82. The number of hydrogen-bond acceptors (Lipinski definition) is 6. The predicted molar refractivity (Wildman–Crippen MR) is 142 cm³/mol. The van der Waals surface area contributed by atoms with Crippen molar-refractivity contribution in [1.82, 2.24) is 4.90 Å². The number of nitrogens with zero attached hydrogens (tertiary/aromatic N) is 1. The Labute approximate surface area is 222 Å². The van der Waals surface area contributed by atoms with Crippen LogP contribution in [0.5, 0.6) is 0 Å². The fraction of sp³-hybridized carbons (Fsp3) is 0.774. The number of hydrogen-bond donors (Lipinski definition) is 1. The molecule has 4 unspecified atom stereocenters. The van der Waals surface area contributed by atoms with E-state index in [1.165, 1.54) is 6.08 Å². The van der Waals surface area contributed by atoms with Crippen LogP contribution in [-0.4, -0.2) is 72.2 Å². The molecular weight excluding hydrogens is 466 g/mol. The number of piperidine rings is 1. The Balaban J connectivity index is 1.45. The Hall–Kier alpha value is -1.47. The minimum Gasteiger partial charge on any atom is -0.456 e. The van der Waals surface area contributed by atoms with E-state index < -0.39 is 11.2 Å². The van der Waals surface area contributed by atoms with Gasteiger partial charge in [0.15, 0.2) is 0 Å². The highest BCUT2D eigenvalue weighted by Gasteiger charge is 2.83. The zero-order valence-corrected chi connectivity index (χ0v) is 23.2. The monoisotopic (exact) mass is 511 g/mol. The summed E-state index contributed by atoms with van der Waals surface area (Å²) < 4.78 is 19.8. The lowest BCUT2D eigenvalue weighted by atomic mass is 9.32. The van der Waals surface area contributed by atoms with Gasteiger partial charge >= 0.3 is 5.97 Å². The van der Waals surface area contributed by atoms with E-state index in [-0.39, 0.29) is 41.0 Å². The zero-order chi connectivity index (χ0) is 26.2. The number of ether oxygens (including phenoxy) is 3. The minimum atomic E-state index is -0.853. The van der Waals surface area contributed by atoms with Gasteiger partial charge in [-0.3, -0.25) is 0 Å². The summed E-state index contributed by atoms with van der Waals surface area (Å²) >= 11 is 0. The van der Waals surface area contributed by atoms with Gasteiger partial charge in [-0.25, -0.2) is 4.79 Å². The van der Waals surface area contributed by atoms with Gasteiger partial charge in [-0.2, -0.15) is 0 Å². The van der Waals surface area contributed by atoms with Gasteiger partial charge in [0.2, 0.25) is 0 Å². The Bertz CT molecular complexity index is 1020. The van der Waals surface area contributed by atoms with Crippen molar-refractivity contribution in [1.29, 1.82) is 0 Å². The van der Waals surface area contributed by atoms with Gasteiger partial charge < -0.3 is 24.2 Å². The molecule has 2 aliphatic heterocycles. The number of aliphatic hydroxyl groups is 1. The van der Waals surface area contributed by atoms with Crippen LogP contribution in [0.4, 0.5) is 0 Å². The number of methoxy groups -OCH3 is 1. The van der Waals surface area contributed by atoms with Crippen molar-refractivity contribution in [2.75, 3.05) is 20.7 Å². The topological polar surface area (TPSA) is 68.2 Å². The lowest BCUT2D eigenvalue weighted by Crippen LogP contribution is -2.80. The molecule has 11 atom stereocenters. The standard InChI is InChI=1S/C31H45NO5/c1-6-8-9-10-24(33)36-21-12-11-20-18-23-29-14-15-31(35-5,22(19-29)28(3,34)13-7-2)27-30(29,16-17-32(23)4)25(20)26(21)37-27/h6,8-10,14-15,20-23,25-27,34H,7,11-13,16-19H2,1-5H3/b8-6+,10-9+/t20?,21?,22-,23-,25?,26?,27-,28-,29-,30+,31-/m1/s1. The molecule has 0 amide bonds. The highest BCUT2D eigenvalue weighted by atomic mass is 16.6. The zero-order valence-electron chi connectivity index (χ0n) is 23.2. The molecule has 204 valence electrons. The average Bonchev–Trinajstić information content (AvgIpc) is 3.24. The second-order valence-electron chi connectivity index (χ2n) is 13.0. The number of carbonyl (C=O) groups excluding carboxylic acids is 1. The van der Waals surface area contributed by atoms with Crippen molar-refractivity contribution in [2.24, 2.45) is 28.6 Å². The molecule has 7 rings (SSSR count). The Kier molecular flexibility index (Phi) is 6.11. The maximum atomic E-state index is 12.7. The molecule has 2 spiro atoms. The molecule has 0 aromatic rings. The first-order chi connectivity index (χ1) is 17.7. The number of esters is 1. The third kappa shape index (κ3) is 3.22. The number of likely N-dealkylation sites (tertiary alicyclic amines) is 1. The summed E-state index contributed by atoms with van der Waals surface area (Å²) in [4.78, 5) is 15.3. The third-order valence-electron chi connectivity index (χ3n) is 11.6. The van der Waals surface area contributed by atoms with Gasteiger partial charge in [0.1, 0.15) is 11.7 Å². The van der Waals surface area contributed by atoms with Gasteiger partial charge in [-0.05, 0) is 71.9 Å². The van der Waals surface area contributed by atoms with Gasteiger partial charge in [0.25, 0.3) is 0 Å². The van der Waals surface area contributed by atoms with Crippen LogP contribution in [-0.2, 0) is 19.0 Å². The summed E-state index contributed by atoms with van der Waals surface area (Å²) in [7, 11) is 4.09. The molecule has 0 radical (unpaired) electrons. The third-order valence-corrected chi connectivity index (χ3v) is 11.6. The van der Waals surface area contributed by atoms with Crippen molar-refractivity contribution >= 4 is 5.97 Å². The summed E-state index contributed by atoms with van der Waals surface area (Å²) in [5.74, 6) is 0.544. The molecule has 0 aromatic heterocycles. The van der Waals surface area contributed by atoms with Crippen molar-refractivity contribution in [3.63, 3.8) is 0 Å². The largest absolute Gasteiger partial charge is 0.456 e. The lowest BCUT2D eigenvalue weighted by molar-refractivity contribution is -0.289. The number of carbonyl (C=O) groups is 1. The van der Waals surface area contributed by atoms with Gasteiger partial charge in [0, 0.05) is 41.9 Å². The van der Waals surface area contributed by atoms with E-state index in [0.717, 1.165) is 51.5 Å². The molecule has 37 heavy (non-hydrogen) atoms. The Morgan fingerprint density at radius 3 is 2.84 bits per heavy atom. The molecule has 0 aromatic carbocycles. The first-order valence-electron chi connectivity index (χ1n) is 14.5. The molecule has 5 fully saturated rings. The van der Waals surface area contributed by atoms with Crippen molar-refractivity contribution in [3.05, 3.63) is 36.5 Å². The van der Waals surface area contributed by atoms with Gasteiger partial charge in [-0.15, -0.1) is 0 Å². The molecule has 6 heteroatoms. The van der Waals surface area contributed by atoms with E-state index in [9.17, 15) is 9.90 Å². The molecule has 7 aliphatic rings. The lowest BCUT2D eigenvalue weighted by Gasteiger charge is -2.75. The van der Waals surface area contributed by atoms with Crippen LogP contribution in [0, 0.1) is 28.6 Å². The van der Waals surface area contributed by atoms with E-state index in [4.69, 9.17) is 14.2 Å². The van der Waals surface area contributed by atoms with Crippen LogP contribution in [0.25, 0.3) is 0 Å². The van der Waals surface area contributed by atoms with Crippen LogP contribution in [0.1, 0.15) is 65.7 Å². The second kappa shape index (κ2) is 8.77. The first-order valence-corrected chi connectivity index (χ1v) is 14.5. The summed E-state index contributed by atoms with van der Waals surface area (Å²) in [6.07, 6.45) is 17.9. The molecule has 6 nitrogen and oxygen atoms in total. The molecule has 5 aliphatic carbocycles. The smallest absolute Gasteiger partial charge is 0.331 e. The number of fused-ring (bicyclic) bond motifs is 1. The predicted octanol–water partition coefficient (Wildman–Crippen LogP) is 4.43. The molecule has 1 N–H and O–H groups in total. The van der Waals surface area contributed by atoms with E-state index >= 15 is 0 Å². The van der Waals surface area contributed by atoms with Gasteiger partial charge in [-0.1, -0.05) is 43.7 Å². The molecule has 2 heterocycles. The minimum absolute atomic E-state index is 0.0523. The molecule has 4 bridgehead atoms. The Morgan fingerprint density at radius 2 is 2.11 bits per heavy atom. The second-order valence-corrected chi connectivity index (χ2v) is 13.0. The fourth-order valence-corrected chi connectivity index (χ4v) is 10.4. The SMILES string of the molecule is C/C=C/C=C/C(=O)OC1CCC2C[C@H]3N(C)CC[C@]45C2C1O[C@H]4[C@@]1(OC)C=C[C@@]35C[C@@H]1[C@](C)(O)CCC. The molecular formula is C31H45NO5. The van der Waals surface area contributed by atoms with Crippen LogP contribution in [0.2, 0.25) is 0 Å².